The number of carbonyl (C=O) groups is 2. The molecule has 0 spiro atoms. The van der Waals surface area contributed by atoms with Gasteiger partial charge in [0.05, 0.1) is 16.9 Å². The summed E-state index contributed by atoms with van der Waals surface area (Å²) in [6, 6.07) is 20.9. The van der Waals surface area contributed by atoms with Crippen LogP contribution in [0.25, 0.3) is 0 Å². The van der Waals surface area contributed by atoms with Crippen LogP contribution in [0.4, 0.5) is 14.9 Å². The van der Waals surface area contributed by atoms with E-state index in [4.69, 9.17) is 14.7 Å². The second kappa shape index (κ2) is 11.2. The van der Waals surface area contributed by atoms with E-state index >= 15 is 0 Å². The molecule has 3 rings (SSSR count). The molecule has 0 aliphatic heterocycles. The van der Waals surface area contributed by atoms with Crippen LogP contribution in [0.3, 0.4) is 0 Å². The normalized spacial score (nSPS) is 11.4. The third-order valence-corrected chi connectivity index (χ3v) is 5.51. The summed E-state index contributed by atoms with van der Waals surface area (Å²) in [6.07, 6.45) is -0.553. The molecular weight excluding hydrogens is 431 g/mol. The Balaban J connectivity index is 1.71. The first kappa shape index (κ1) is 23.1. The van der Waals surface area contributed by atoms with Gasteiger partial charge in [-0.3, -0.25) is 4.90 Å². The summed E-state index contributed by atoms with van der Waals surface area (Å²) in [4.78, 5) is 27.3. The van der Waals surface area contributed by atoms with E-state index < -0.39 is 23.9 Å². The van der Waals surface area contributed by atoms with E-state index in [1.54, 1.807) is 36.4 Å². The highest BCUT2D eigenvalue weighted by molar-refractivity contribution is 7.95. The predicted octanol–water partition coefficient (Wildman–Crippen LogP) is 4.84. The summed E-state index contributed by atoms with van der Waals surface area (Å²) in [5.74, 6) is -1.04. The van der Waals surface area contributed by atoms with Gasteiger partial charge in [0.1, 0.15) is 18.5 Å². The summed E-state index contributed by atoms with van der Waals surface area (Å²) >= 11 is 0.823. The fourth-order valence-electron chi connectivity index (χ4n) is 2.87. The number of hydrogen-bond donors (Lipinski definition) is 1. The van der Waals surface area contributed by atoms with Crippen LogP contribution < -0.4 is 5.73 Å². The van der Waals surface area contributed by atoms with Gasteiger partial charge < -0.3 is 14.7 Å². The number of nitrogens with zero attached hydrogens (tertiary/aromatic N) is 1. The average molecular weight is 455 g/mol. The quantitative estimate of drug-likeness (QED) is 0.388. The summed E-state index contributed by atoms with van der Waals surface area (Å²) in [6.45, 7) is 0.0671. The van der Waals surface area contributed by atoms with Crippen LogP contribution in [0, 0.1) is 5.82 Å². The van der Waals surface area contributed by atoms with Gasteiger partial charge in [-0.1, -0.05) is 54.6 Å². The lowest BCUT2D eigenvalue weighted by Crippen LogP contribution is -2.44. The van der Waals surface area contributed by atoms with Crippen molar-refractivity contribution in [1.29, 1.82) is 0 Å². The lowest BCUT2D eigenvalue weighted by atomic mass is 10.1. The van der Waals surface area contributed by atoms with Crippen LogP contribution in [0.2, 0.25) is 0 Å². The molecule has 0 unspecified atom stereocenters. The number of nitrogens with two attached hydrogens (primary N) is 1. The fraction of sp³-hybridized carbons (Fsp3) is 0.167. The van der Waals surface area contributed by atoms with Gasteiger partial charge in [-0.25, -0.2) is 14.0 Å². The van der Waals surface area contributed by atoms with Crippen LogP contribution in [0.5, 0.6) is 0 Å². The Morgan fingerprint density at radius 2 is 1.62 bits per heavy atom. The molecule has 0 radical (unpaired) electrons. The van der Waals surface area contributed by atoms with Gasteiger partial charge in [-0.15, -0.1) is 0 Å². The highest BCUT2D eigenvalue weighted by Gasteiger charge is 2.30. The molecule has 166 valence electrons. The molecule has 0 aromatic heterocycles. The highest BCUT2D eigenvalue weighted by atomic mass is 32.2. The highest BCUT2D eigenvalue weighted by Crippen LogP contribution is 2.26. The Morgan fingerprint density at radius 1 is 0.969 bits per heavy atom. The van der Waals surface area contributed by atoms with Gasteiger partial charge in [-0.05, 0) is 35.4 Å². The van der Waals surface area contributed by atoms with E-state index in [1.165, 1.54) is 24.1 Å². The average Bonchev–Trinajstić information content (AvgIpc) is 2.81. The summed E-state index contributed by atoms with van der Waals surface area (Å²) < 4.78 is 24.0. The number of halogens is 1. The van der Waals surface area contributed by atoms with Crippen molar-refractivity contribution >= 4 is 29.8 Å². The van der Waals surface area contributed by atoms with Crippen LogP contribution in [-0.4, -0.2) is 30.1 Å². The van der Waals surface area contributed by atoms with Crippen molar-refractivity contribution in [3.8, 4) is 0 Å². The summed E-state index contributed by atoms with van der Waals surface area (Å²) in [5, 5.41) is 0. The molecule has 0 heterocycles. The molecule has 1 amide bonds. The fourth-order valence-corrected chi connectivity index (χ4v) is 3.45. The molecule has 1 atom stereocenters. The molecule has 0 fully saturated rings. The lowest BCUT2D eigenvalue weighted by Gasteiger charge is -2.25. The largest absolute Gasteiger partial charge is 0.445 e. The summed E-state index contributed by atoms with van der Waals surface area (Å²) in [7, 11) is 1.46. The molecule has 3 aromatic rings. The van der Waals surface area contributed by atoms with Crippen molar-refractivity contribution in [1.82, 2.24) is 4.90 Å². The lowest BCUT2D eigenvalue weighted by molar-refractivity contribution is -0.138. The smallest absolute Gasteiger partial charge is 0.410 e. The maximum atomic E-state index is 13.3. The Labute approximate surface area is 190 Å². The molecule has 0 aliphatic carbocycles. The first-order valence-electron chi connectivity index (χ1n) is 9.85. The van der Waals surface area contributed by atoms with Crippen LogP contribution >= 0.6 is 12.0 Å². The molecule has 0 saturated heterocycles. The second-order valence-electron chi connectivity index (χ2n) is 7.02. The SMILES string of the molecule is CN(C(=O)OCc1ccccc1)[C@@H](Cc1ccc(F)cc1)C(=O)OSc1ccccc1N. The van der Waals surface area contributed by atoms with E-state index in [0.29, 0.717) is 16.1 Å². The number of carbonyl (C=O) groups excluding carboxylic acids is 2. The number of benzene rings is 3. The summed E-state index contributed by atoms with van der Waals surface area (Å²) in [5.41, 5.74) is 7.85. The van der Waals surface area contributed by atoms with Gasteiger partial charge in [0, 0.05) is 19.2 Å². The number of likely N-dealkylation sites (N-methyl/N-ethyl adjacent to an activating group) is 1. The molecule has 2 N–H and O–H groups in total. The van der Waals surface area contributed by atoms with E-state index in [9.17, 15) is 14.0 Å². The van der Waals surface area contributed by atoms with Crippen LogP contribution in [0.1, 0.15) is 11.1 Å². The number of amides is 1. The minimum Gasteiger partial charge on any atom is -0.445 e. The van der Waals surface area contributed by atoms with Gasteiger partial charge in [0.15, 0.2) is 0 Å². The molecule has 3 aromatic carbocycles. The zero-order chi connectivity index (χ0) is 22.9. The Morgan fingerprint density at radius 3 is 2.31 bits per heavy atom. The third-order valence-electron chi connectivity index (χ3n) is 4.71. The monoisotopic (exact) mass is 454 g/mol. The zero-order valence-electron chi connectivity index (χ0n) is 17.4. The number of para-hydroxylation sites is 1. The number of nitrogen functional groups attached to an aromatic ring is 1. The number of anilines is 1. The molecular formula is C24H23FN2O4S. The van der Waals surface area contributed by atoms with Crippen molar-refractivity contribution in [2.24, 2.45) is 0 Å². The molecule has 0 saturated carbocycles. The second-order valence-corrected chi connectivity index (χ2v) is 7.79. The first-order chi connectivity index (χ1) is 15.4. The zero-order valence-corrected chi connectivity index (χ0v) is 18.3. The topological polar surface area (TPSA) is 81.9 Å². The Kier molecular flexibility index (Phi) is 8.10. The van der Waals surface area contributed by atoms with Gasteiger partial charge in [0.25, 0.3) is 0 Å². The van der Waals surface area contributed by atoms with Crippen LogP contribution in [-0.2, 0) is 26.7 Å². The third kappa shape index (κ3) is 6.49. The molecule has 0 aliphatic rings. The maximum Gasteiger partial charge on any atom is 0.410 e. The number of hydrogen-bond acceptors (Lipinski definition) is 6. The van der Waals surface area contributed by atoms with E-state index in [1.807, 2.05) is 30.3 Å². The minimum absolute atomic E-state index is 0.0671. The maximum absolute atomic E-state index is 13.3. The van der Waals surface area contributed by atoms with Crippen molar-refractivity contribution in [2.45, 2.75) is 24.0 Å². The van der Waals surface area contributed by atoms with Crippen molar-refractivity contribution < 1.29 is 22.9 Å². The van der Waals surface area contributed by atoms with E-state index in [-0.39, 0.29) is 13.0 Å². The Hall–Kier alpha value is -3.52. The molecule has 6 nitrogen and oxygen atoms in total. The van der Waals surface area contributed by atoms with Crippen LogP contribution in [0.15, 0.2) is 83.8 Å². The van der Waals surface area contributed by atoms with Crippen molar-refractivity contribution in [2.75, 3.05) is 12.8 Å². The van der Waals surface area contributed by atoms with Gasteiger partial charge >= 0.3 is 12.1 Å². The Bertz CT molecular complexity index is 1050. The van der Waals surface area contributed by atoms with Crippen molar-refractivity contribution in [3.63, 3.8) is 0 Å². The number of rotatable bonds is 8. The molecule has 8 heteroatoms. The van der Waals surface area contributed by atoms with E-state index in [0.717, 1.165) is 17.6 Å². The molecule has 0 bridgehead atoms. The standard InChI is InChI=1S/C24H23FN2O4S/c1-27(24(29)30-16-18-7-3-2-4-8-18)21(15-17-11-13-19(25)14-12-17)23(28)31-32-22-10-6-5-9-20(22)26/h2-14,21H,15-16,26H2,1H3/t21-/m0/s1. The molecule has 32 heavy (non-hydrogen) atoms. The number of ether oxygens (including phenoxy) is 1. The predicted molar refractivity (Wildman–Crippen MR) is 121 cm³/mol. The van der Waals surface area contributed by atoms with Gasteiger partial charge in [-0.2, -0.15) is 0 Å². The van der Waals surface area contributed by atoms with Crippen molar-refractivity contribution in [3.05, 3.63) is 95.8 Å². The minimum atomic E-state index is -0.985. The van der Waals surface area contributed by atoms with Gasteiger partial charge in [0.2, 0.25) is 0 Å². The first-order valence-corrected chi connectivity index (χ1v) is 10.6. The van der Waals surface area contributed by atoms with E-state index in [2.05, 4.69) is 0 Å².